The van der Waals surface area contributed by atoms with Gasteiger partial charge < -0.3 is 19.9 Å². The zero-order valence-corrected chi connectivity index (χ0v) is 17.4. The molecule has 0 aliphatic heterocycles. The number of non-ortho nitro benzene ring substituents is 1. The first-order valence-electron chi connectivity index (χ1n) is 9.66. The summed E-state index contributed by atoms with van der Waals surface area (Å²) >= 11 is 0. The predicted octanol–water partition coefficient (Wildman–Crippen LogP) is 3.24. The van der Waals surface area contributed by atoms with Crippen LogP contribution in [0.5, 0.6) is 5.75 Å². The number of benzene rings is 2. The molecule has 0 saturated heterocycles. The fourth-order valence-electron chi connectivity index (χ4n) is 2.93. The molecule has 162 valence electrons. The van der Waals surface area contributed by atoms with Crippen molar-refractivity contribution in [3.63, 3.8) is 0 Å². The molecule has 0 aliphatic carbocycles. The minimum Gasteiger partial charge on any atom is -0.425 e. The Labute approximate surface area is 178 Å². The van der Waals surface area contributed by atoms with Gasteiger partial charge in [-0.05, 0) is 30.2 Å². The van der Waals surface area contributed by atoms with Gasteiger partial charge in [-0.25, -0.2) is 14.6 Å². The van der Waals surface area contributed by atoms with Crippen molar-refractivity contribution in [1.29, 1.82) is 0 Å². The number of nitro benzene ring substituents is 1. The Morgan fingerprint density at radius 2 is 1.87 bits per heavy atom. The fourth-order valence-corrected chi connectivity index (χ4v) is 2.93. The van der Waals surface area contributed by atoms with Gasteiger partial charge in [-0.15, -0.1) is 0 Å². The van der Waals surface area contributed by atoms with E-state index >= 15 is 0 Å². The van der Waals surface area contributed by atoms with Crippen LogP contribution < -0.4 is 10.1 Å². The molecule has 31 heavy (non-hydrogen) atoms. The van der Waals surface area contributed by atoms with Gasteiger partial charge in [-0.1, -0.05) is 26.0 Å². The van der Waals surface area contributed by atoms with E-state index in [-0.39, 0.29) is 23.9 Å². The lowest BCUT2D eigenvalue weighted by atomic mass is 10.1. The normalized spacial score (nSPS) is 11.9. The summed E-state index contributed by atoms with van der Waals surface area (Å²) in [6.07, 6.45) is 0. The third-order valence-electron chi connectivity index (χ3n) is 4.64. The molecule has 10 heteroatoms. The first-order valence-corrected chi connectivity index (χ1v) is 9.66. The molecule has 10 nitrogen and oxygen atoms in total. The Kier molecular flexibility index (Phi) is 6.49. The van der Waals surface area contributed by atoms with Gasteiger partial charge in [0, 0.05) is 19.2 Å². The maximum Gasteiger partial charge on any atom is 0.334 e. The molecule has 2 N–H and O–H groups in total. The second-order valence-corrected chi connectivity index (χ2v) is 7.40. The number of hydrogen-bond donors (Lipinski definition) is 2. The Morgan fingerprint density at radius 3 is 2.48 bits per heavy atom. The smallest absolute Gasteiger partial charge is 0.334 e. The fraction of sp³-hybridized carbons (Fsp3) is 0.286. The standard InChI is InChI=1S/C21H23N5O5/c1-13(2)19(20(27)31-15-10-8-14(9-11-15)26(29)30)24-21(28)25(3)12-18-22-16-6-4-5-7-17(16)23-18/h4-11,13,19H,12H2,1-3H3,(H,22,23)(H,24,28)/t19-/m0/s1. The maximum atomic E-state index is 12.6. The highest BCUT2D eigenvalue weighted by Crippen LogP contribution is 2.19. The molecule has 0 aliphatic rings. The Balaban J connectivity index is 1.62. The van der Waals surface area contributed by atoms with Crippen LogP contribution >= 0.6 is 0 Å². The van der Waals surface area contributed by atoms with E-state index in [9.17, 15) is 19.7 Å². The van der Waals surface area contributed by atoms with E-state index in [1.807, 2.05) is 24.3 Å². The number of H-pyrrole nitrogens is 1. The summed E-state index contributed by atoms with van der Waals surface area (Å²) in [6, 6.07) is 11.3. The number of esters is 1. The zero-order chi connectivity index (χ0) is 22.5. The summed E-state index contributed by atoms with van der Waals surface area (Å²) in [5.74, 6) is -0.122. The topological polar surface area (TPSA) is 130 Å². The number of imidazole rings is 1. The third-order valence-corrected chi connectivity index (χ3v) is 4.64. The molecule has 3 aromatic rings. The monoisotopic (exact) mass is 425 g/mol. The summed E-state index contributed by atoms with van der Waals surface area (Å²) < 4.78 is 5.30. The van der Waals surface area contributed by atoms with Gasteiger partial charge in [0.15, 0.2) is 0 Å². The number of para-hydroxylation sites is 2. The van der Waals surface area contributed by atoms with Crippen LogP contribution in [0.15, 0.2) is 48.5 Å². The number of aromatic nitrogens is 2. The second kappa shape index (κ2) is 9.24. The molecule has 0 spiro atoms. The summed E-state index contributed by atoms with van der Waals surface area (Å²) in [6.45, 7) is 3.78. The van der Waals surface area contributed by atoms with Crippen molar-refractivity contribution in [3.8, 4) is 5.75 Å². The number of nitrogens with zero attached hydrogens (tertiary/aromatic N) is 3. The predicted molar refractivity (Wildman–Crippen MR) is 113 cm³/mol. The van der Waals surface area contributed by atoms with Crippen molar-refractivity contribution in [2.45, 2.75) is 26.4 Å². The van der Waals surface area contributed by atoms with E-state index in [0.717, 1.165) is 11.0 Å². The van der Waals surface area contributed by atoms with Gasteiger partial charge in [0.05, 0.1) is 22.5 Å². The highest BCUT2D eigenvalue weighted by atomic mass is 16.6. The van der Waals surface area contributed by atoms with Crippen LogP contribution in [0.3, 0.4) is 0 Å². The van der Waals surface area contributed by atoms with Crippen molar-refractivity contribution in [3.05, 3.63) is 64.5 Å². The van der Waals surface area contributed by atoms with Crippen LogP contribution in [-0.2, 0) is 11.3 Å². The molecule has 0 bridgehead atoms. The number of carbonyl (C=O) groups excluding carboxylic acids is 2. The van der Waals surface area contributed by atoms with Crippen LogP contribution in [0.2, 0.25) is 0 Å². The van der Waals surface area contributed by atoms with E-state index in [0.29, 0.717) is 5.82 Å². The van der Waals surface area contributed by atoms with Crippen molar-refractivity contribution in [1.82, 2.24) is 20.2 Å². The Hall–Kier alpha value is -3.95. The molecular weight excluding hydrogens is 402 g/mol. The first-order chi connectivity index (χ1) is 14.7. The number of ether oxygens (including phenoxy) is 1. The maximum absolute atomic E-state index is 12.6. The first kappa shape index (κ1) is 21.8. The minimum atomic E-state index is -0.902. The van der Waals surface area contributed by atoms with Crippen molar-refractivity contribution < 1.29 is 19.2 Å². The van der Waals surface area contributed by atoms with Crippen LogP contribution in [0.25, 0.3) is 11.0 Å². The molecule has 1 aromatic heterocycles. The van der Waals surface area contributed by atoms with Crippen LogP contribution in [0.4, 0.5) is 10.5 Å². The van der Waals surface area contributed by atoms with E-state index in [1.54, 1.807) is 20.9 Å². The lowest BCUT2D eigenvalue weighted by molar-refractivity contribution is -0.384. The van der Waals surface area contributed by atoms with Crippen LogP contribution in [-0.4, -0.2) is 44.9 Å². The summed E-state index contributed by atoms with van der Waals surface area (Å²) in [7, 11) is 1.60. The molecule has 0 saturated carbocycles. The van der Waals surface area contributed by atoms with Crippen molar-refractivity contribution >= 4 is 28.7 Å². The zero-order valence-electron chi connectivity index (χ0n) is 17.4. The lowest BCUT2D eigenvalue weighted by Gasteiger charge is -2.24. The summed E-state index contributed by atoms with van der Waals surface area (Å²) in [5.41, 5.74) is 1.57. The van der Waals surface area contributed by atoms with Gasteiger partial charge in [0.25, 0.3) is 5.69 Å². The highest BCUT2D eigenvalue weighted by Gasteiger charge is 2.28. The molecule has 1 heterocycles. The minimum absolute atomic E-state index is 0.110. The van der Waals surface area contributed by atoms with E-state index in [2.05, 4.69) is 15.3 Å². The van der Waals surface area contributed by atoms with Gasteiger partial charge in [-0.2, -0.15) is 0 Å². The number of carbonyl (C=O) groups is 2. The Morgan fingerprint density at radius 1 is 1.19 bits per heavy atom. The number of hydrogen-bond acceptors (Lipinski definition) is 6. The van der Waals surface area contributed by atoms with E-state index in [4.69, 9.17) is 4.74 Å². The molecule has 1 atom stereocenters. The van der Waals surface area contributed by atoms with Crippen LogP contribution in [0.1, 0.15) is 19.7 Å². The van der Waals surface area contributed by atoms with Crippen molar-refractivity contribution in [2.75, 3.05) is 7.05 Å². The van der Waals surface area contributed by atoms with Gasteiger partial charge >= 0.3 is 12.0 Å². The van der Waals surface area contributed by atoms with Crippen molar-refractivity contribution in [2.24, 2.45) is 5.92 Å². The number of fused-ring (bicyclic) bond motifs is 1. The highest BCUT2D eigenvalue weighted by molar-refractivity contribution is 5.85. The molecule has 0 radical (unpaired) electrons. The summed E-state index contributed by atoms with van der Waals surface area (Å²) in [4.78, 5) is 44.4. The number of nitro groups is 1. The van der Waals surface area contributed by atoms with Crippen LogP contribution in [0, 0.1) is 16.0 Å². The average molecular weight is 425 g/mol. The van der Waals surface area contributed by atoms with Gasteiger partial charge in [0.2, 0.25) is 0 Å². The molecule has 0 unspecified atom stereocenters. The molecular formula is C21H23N5O5. The largest absolute Gasteiger partial charge is 0.425 e. The number of nitrogens with one attached hydrogen (secondary N) is 2. The molecule has 2 amide bonds. The molecule has 3 rings (SSSR count). The number of rotatable bonds is 7. The number of urea groups is 1. The summed E-state index contributed by atoms with van der Waals surface area (Å²) in [5, 5.41) is 13.4. The van der Waals surface area contributed by atoms with E-state index < -0.39 is 23.0 Å². The number of aromatic amines is 1. The molecule has 0 fully saturated rings. The molecule has 2 aromatic carbocycles. The van der Waals surface area contributed by atoms with E-state index in [1.165, 1.54) is 29.2 Å². The average Bonchev–Trinajstić information content (AvgIpc) is 3.14. The lowest BCUT2D eigenvalue weighted by Crippen LogP contribution is -2.50. The third kappa shape index (κ3) is 5.35. The quantitative estimate of drug-likeness (QED) is 0.259. The van der Waals surface area contributed by atoms with Gasteiger partial charge in [0.1, 0.15) is 17.6 Å². The van der Waals surface area contributed by atoms with Gasteiger partial charge in [-0.3, -0.25) is 10.1 Å². The Bertz CT molecular complexity index is 1060. The second-order valence-electron chi connectivity index (χ2n) is 7.40. The number of amides is 2. The SMILES string of the molecule is CC(C)[C@H](NC(=O)N(C)Cc1nc2ccccc2[nH]1)C(=O)Oc1ccc([N+](=O)[O-])cc1.